The van der Waals surface area contributed by atoms with E-state index in [-0.39, 0.29) is 11.1 Å². The lowest BCUT2D eigenvalue weighted by molar-refractivity contribution is -0.137. The Bertz CT molecular complexity index is 605. The largest absolute Gasteiger partial charge is 0.416 e. The van der Waals surface area contributed by atoms with Crippen LogP contribution >= 0.6 is 11.6 Å². The first kappa shape index (κ1) is 14.7. The Morgan fingerprint density at radius 3 is 2.55 bits per heavy atom. The maximum atomic E-state index is 12.6. The lowest BCUT2D eigenvalue weighted by Gasteiger charge is -2.14. The quantitative estimate of drug-likeness (QED) is 0.912. The summed E-state index contributed by atoms with van der Waals surface area (Å²) in [5.74, 6) is 0.529. The van der Waals surface area contributed by atoms with Gasteiger partial charge in [-0.15, -0.1) is 0 Å². The Hall–Kier alpha value is -1.69. The van der Waals surface area contributed by atoms with Crippen molar-refractivity contribution in [3.05, 3.63) is 41.2 Å². The van der Waals surface area contributed by atoms with Gasteiger partial charge < -0.3 is 5.32 Å². The average Bonchev–Trinajstić information content (AvgIpc) is 2.74. The third kappa shape index (κ3) is 3.07. The first-order chi connectivity index (χ1) is 9.29. The van der Waals surface area contributed by atoms with Crippen LogP contribution in [0.3, 0.4) is 0 Å². The van der Waals surface area contributed by atoms with Gasteiger partial charge in [0.15, 0.2) is 0 Å². The van der Waals surface area contributed by atoms with Gasteiger partial charge in [-0.05, 0) is 32.0 Å². The van der Waals surface area contributed by atoms with Gasteiger partial charge in [0.2, 0.25) is 5.95 Å². The molecule has 1 aromatic carbocycles. The van der Waals surface area contributed by atoms with Crippen LogP contribution in [0.1, 0.15) is 19.4 Å². The molecule has 0 saturated carbocycles. The number of anilines is 1. The molecule has 0 bridgehead atoms. The van der Waals surface area contributed by atoms with E-state index in [2.05, 4.69) is 10.3 Å². The fraction of sp³-hybridized carbons (Fsp3) is 0.308. The zero-order chi connectivity index (χ0) is 14.9. The van der Waals surface area contributed by atoms with Gasteiger partial charge in [0.1, 0.15) is 0 Å². The van der Waals surface area contributed by atoms with Crippen molar-refractivity contribution in [2.45, 2.75) is 26.1 Å². The van der Waals surface area contributed by atoms with Crippen molar-refractivity contribution in [2.75, 3.05) is 5.32 Å². The van der Waals surface area contributed by atoms with Crippen molar-refractivity contribution < 1.29 is 13.2 Å². The fourth-order valence-corrected chi connectivity index (χ4v) is 2.01. The molecule has 108 valence electrons. The highest BCUT2D eigenvalue weighted by Crippen LogP contribution is 2.33. The van der Waals surface area contributed by atoms with Crippen molar-refractivity contribution >= 4 is 17.5 Å². The van der Waals surface area contributed by atoms with Gasteiger partial charge in [-0.25, -0.2) is 4.98 Å². The number of aromatic nitrogens is 2. The number of halogens is 4. The van der Waals surface area contributed by atoms with Gasteiger partial charge in [0.25, 0.3) is 0 Å². The summed E-state index contributed by atoms with van der Waals surface area (Å²) in [6.07, 6.45) is -1.21. The molecule has 2 rings (SSSR count). The summed E-state index contributed by atoms with van der Waals surface area (Å²) in [4.78, 5) is 4.12. The molecule has 1 N–H and O–H groups in total. The van der Waals surface area contributed by atoms with E-state index in [9.17, 15) is 13.2 Å². The molecule has 1 heterocycles. The lowest BCUT2D eigenvalue weighted by atomic mass is 10.2. The summed E-state index contributed by atoms with van der Waals surface area (Å²) in [6, 6.07) is 3.39. The Balaban J connectivity index is 2.42. The van der Waals surface area contributed by atoms with Crippen LogP contribution in [0, 0.1) is 0 Å². The summed E-state index contributed by atoms with van der Waals surface area (Å²) in [7, 11) is 0. The Morgan fingerprint density at radius 2 is 2.00 bits per heavy atom. The first-order valence-corrected chi connectivity index (χ1v) is 6.34. The predicted molar refractivity (Wildman–Crippen MR) is 72.3 cm³/mol. The summed E-state index contributed by atoms with van der Waals surface area (Å²) in [5, 5.41) is 3.11. The standard InChI is InChI=1S/C13H13ClF3N3/c1-8(2)19-12-18-5-6-20(12)11-4-3-9(7-10(11)14)13(15,16)17/h3-8H,1-2H3,(H,18,19). The molecule has 0 aliphatic heterocycles. The highest BCUT2D eigenvalue weighted by Gasteiger charge is 2.31. The van der Waals surface area contributed by atoms with E-state index >= 15 is 0 Å². The number of benzene rings is 1. The maximum Gasteiger partial charge on any atom is 0.416 e. The minimum atomic E-state index is -4.41. The minimum absolute atomic E-state index is 0.0182. The molecule has 20 heavy (non-hydrogen) atoms. The van der Waals surface area contributed by atoms with Gasteiger partial charge in [0.05, 0.1) is 16.3 Å². The van der Waals surface area contributed by atoms with Crippen LogP contribution in [-0.4, -0.2) is 15.6 Å². The van der Waals surface area contributed by atoms with Crippen molar-refractivity contribution in [2.24, 2.45) is 0 Å². The van der Waals surface area contributed by atoms with Gasteiger partial charge in [-0.1, -0.05) is 11.6 Å². The molecule has 7 heteroatoms. The maximum absolute atomic E-state index is 12.6. The Morgan fingerprint density at radius 1 is 1.30 bits per heavy atom. The number of nitrogens with one attached hydrogen (secondary N) is 1. The number of nitrogens with zero attached hydrogens (tertiary/aromatic N) is 2. The third-order valence-corrected chi connectivity index (χ3v) is 2.90. The van der Waals surface area contributed by atoms with Crippen molar-refractivity contribution in [3.8, 4) is 5.69 Å². The third-order valence-electron chi connectivity index (χ3n) is 2.59. The minimum Gasteiger partial charge on any atom is -0.353 e. The number of alkyl halides is 3. The van der Waals surface area contributed by atoms with Crippen molar-refractivity contribution in [1.82, 2.24) is 9.55 Å². The zero-order valence-corrected chi connectivity index (χ0v) is 11.6. The van der Waals surface area contributed by atoms with Gasteiger partial charge in [-0.2, -0.15) is 13.2 Å². The molecule has 0 aliphatic rings. The second-order valence-corrected chi connectivity index (χ2v) is 4.99. The van der Waals surface area contributed by atoms with Crippen LogP contribution in [0.4, 0.5) is 19.1 Å². The van der Waals surface area contributed by atoms with Crippen LogP contribution in [-0.2, 0) is 6.18 Å². The first-order valence-electron chi connectivity index (χ1n) is 5.96. The highest BCUT2D eigenvalue weighted by molar-refractivity contribution is 6.32. The van der Waals surface area contributed by atoms with Crippen LogP contribution in [0.15, 0.2) is 30.6 Å². The topological polar surface area (TPSA) is 29.9 Å². The molecule has 0 aliphatic carbocycles. The molecule has 3 nitrogen and oxygen atoms in total. The summed E-state index contributed by atoms with van der Waals surface area (Å²) in [6.45, 7) is 3.88. The predicted octanol–water partition coefficient (Wildman–Crippen LogP) is 4.36. The lowest BCUT2D eigenvalue weighted by Crippen LogP contribution is -2.14. The molecule has 0 spiro atoms. The number of hydrogen-bond donors (Lipinski definition) is 1. The van der Waals surface area contributed by atoms with E-state index in [1.54, 1.807) is 17.0 Å². The van der Waals surface area contributed by atoms with E-state index in [1.807, 2.05) is 13.8 Å². The van der Waals surface area contributed by atoms with E-state index in [1.165, 1.54) is 6.07 Å². The van der Waals surface area contributed by atoms with Crippen LogP contribution in [0.2, 0.25) is 5.02 Å². The summed E-state index contributed by atoms with van der Waals surface area (Å²) >= 11 is 5.96. The van der Waals surface area contributed by atoms with Crippen molar-refractivity contribution in [1.29, 1.82) is 0 Å². The van der Waals surface area contributed by atoms with E-state index < -0.39 is 11.7 Å². The average molecular weight is 304 g/mol. The van der Waals surface area contributed by atoms with Crippen LogP contribution in [0.25, 0.3) is 5.69 Å². The van der Waals surface area contributed by atoms with Gasteiger partial charge in [0, 0.05) is 18.4 Å². The molecule has 0 radical (unpaired) electrons. The monoisotopic (exact) mass is 303 g/mol. The molecule has 0 saturated heterocycles. The molecular weight excluding hydrogens is 291 g/mol. The molecular formula is C13H13ClF3N3. The van der Waals surface area contributed by atoms with Gasteiger partial charge >= 0.3 is 6.18 Å². The summed E-state index contributed by atoms with van der Waals surface area (Å²) < 4.78 is 39.4. The Kier molecular flexibility index (Phi) is 3.94. The van der Waals surface area contributed by atoms with Gasteiger partial charge in [-0.3, -0.25) is 4.57 Å². The van der Waals surface area contributed by atoms with Crippen molar-refractivity contribution in [3.63, 3.8) is 0 Å². The number of rotatable bonds is 3. The molecule has 0 atom stereocenters. The number of hydrogen-bond acceptors (Lipinski definition) is 2. The van der Waals surface area contributed by atoms with E-state index in [0.717, 1.165) is 12.1 Å². The molecule has 2 aromatic rings. The smallest absolute Gasteiger partial charge is 0.353 e. The van der Waals surface area contributed by atoms with Crippen LogP contribution < -0.4 is 5.32 Å². The second-order valence-electron chi connectivity index (χ2n) is 4.58. The van der Waals surface area contributed by atoms with E-state index in [0.29, 0.717) is 11.6 Å². The molecule has 0 amide bonds. The summed E-state index contributed by atoms with van der Waals surface area (Å²) in [5.41, 5.74) is -0.329. The van der Waals surface area contributed by atoms with E-state index in [4.69, 9.17) is 11.6 Å². The molecule has 1 aromatic heterocycles. The Labute approximate surface area is 119 Å². The normalized spacial score (nSPS) is 11.9. The zero-order valence-electron chi connectivity index (χ0n) is 10.9. The fourth-order valence-electron chi connectivity index (χ4n) is 1.74. The number of imidazole rings is 1. The SMILES string of the molecule is CC(C)Nc1nccn1-c1ccc(C(F)(F)F)cc1Cl. The molecule has 0 unspecified atom stereocenters. The van der Waals surface area contributed by atoms with Crippen LogP contribution in [0.5, 0.6) is 0 Å². The highest BCUT2D eigenvalue weighted by atomic mass is 35.5. The second kappa shape index (κ2) is 5.36. The molecule has 0 fully saturated rings.